The number of aromatic amines is 1. The van der Waals surface area contributed by atoms with Gasteiger partial charge in [0.25, 0.3) is 5.91 Å². The van der Waals surface area contributed by atoms with E-state index in [2.05, 4.69) is 31.0 Å². The topological polar surface area (TPSA) is 36.1 Å². The lowest BCUT2D eigenvalue weighted by atomic mass is 9.82. The van der Waals surface area contributed by atoms with Crippen molar-refractivity contribution in [1.82, 2.24) is 9.88 Å². The monoisotopic (exact) mass is 348 g/mol. The van der Waals surface area contributed by atoms with Crippen LogP contribution in [0.1, 0.15) is 41.0 Å². The quantitative estimate of drug-likeness (QED) is 0.658. The number of H-pyrrole nitrogens is 1. The van der Waals surface area contributed by atoms with Gasteiger partial charge in [-0.3, -0.25) is 4.79 Å². The predicted molar refractivity (Wildman–Crippen MR) is 103 cm³/mol. The first-order valence-corrected chi connectivity index (χ1v) is 8.73. The molecular weight excluding hydrogens is 327 g/mol. The molecule has 4 rings (SSSR count). The summed E-state index contributed by atoms with van der Waals surface area (Å²) in [6.45, 7) is 6.52. The first-order valence-electron chi connectivity index (χ1n) is 8.73. The van der Waals surface area contributed by atoms with E-state index >= 15 is 0 Å². The third-order valence-electron chi connectivity index (χ3n) is 5.06. The zero-order valence-corrected chi connectivity index (χ0v) is 15.1. The van der Waals surface area contributed by atoms with Crippen molar-refractivity contribution in [3.05, 3.63) is 76.9 Å². The predicted octanol–water partition coefficient (Wildman–Crippen LogP) is 5.02. The summed E-state index contributed by atoms with van der Waals surface area (Å²) in [6, 6.07) is 12.7. The van der Waals surface area contributed by atoms with Crippen LogP contribution in [0.2, 0.25) is 0 Å². The van der Waals surface area contributed by atoms with Crippen LogP contribution in [0.3, 0.4) is 0 Å². The highest BCUT2D eigenvalue weighted by Crippen LogP contribution is 2.37. The van der Waals surface area contributed by atoms with Crippen LogP contribution in [0.15, 0.2) is 48.7 Å². The summed E-state index contributed by atoms with van der Waals surface area (Å²) >= 11 is 0. The number of para-hydroxylation sites is 1. The number of amides is 1. The third-order valence-corrected chi connectivity index (χ3v) is 5.06. The Morgan fingerprint density at radius 2 is 1.96 bits per heavy atom. The van der Waals surface area contributed by atoms with Gasteiger partial charge in [0.1, 0.15) is 5.82 Å². The number of hydrogen-bond donors (Lipinski definition) is 1. The Bertz CT molecular complexity index is 1050. The van der Waals surface area contributed by atoms with Crippen LogP contribution in [0.25, 0.3) is 17.0 Å². The van der Waals surface area contributed by atoms with Crippen molar-refractivity contribution in [2.45, 2.75) is 26.2 Å². The molecule has 0 unspecified atom stereocenters. The Hall–Kier alpha value is -2.88. The molecule has 0 bridgehead atoms. The highest BCUT2D eigenvalue weighted by molar-refractivity contribution is 5.96. The molecule has 1 aromatic heterocycles. The maximum absolute atomic E-state index is 13.5. The molecule has 2 heterocycles. The SMILES string of the molecule is Cc1cc(C(=O)N2C=Cc3[nH]c4ccccc4c3C(C)(C)C2)ccc1F. The molecule has 2 aromatic carbocycles. The van der Waals surface area contributed by atoms with Gasteiger partial charge in [0.05, 0.1) is 0 Å². The number of fused-ring (bicyclic) bond motifs is 3. The number of benzene rings is 2. The van der Waals surface area contributed by atoms with E-state index in [4.69, 9.17) is 0 Å². The van der Waals surface area contributed by atoms with Crippen LogP contribution >= 0.6 is 0 Å². The van der Waals surface area contributed by atoms with Gasteiger partial charge in [-0.1, -0.05) is 32.0 Å². The Morgan fingerprint density at radius 1 is 1.19 bits per heavy atom. The fraction of sp³-hybridized carbons (Fsp3) is 0.227. The second-order valence-electron chi connectivity index (χ2n) is 7.56. The van der Waals surface area contributed by atoms with Gasteiger partial charge in [0.15, 0.2) is 0 Å². The van der Waals surface area contributed by atoms with E-state index in [0.717, 1.165) is 11.2 Å². The average molecular weight is 348 g/mol. The summed E-state index contributed by atoms with van der Waals surface area (Å²) < 4.78 is 13.5. The lowest BCUT2D eigenvalue weighted by Gasteiger charge is -2.30. The van der Waals surface area contributed by atoms with Gasteiger partial charge < -0.3 is 9.88 Å². The number of hydrogen-bond acceptors (Lipinski definition) is 1. The minimum absolute atomic E-state index is 0.119. The second-order valence-corrected chi connectivity index (χ2v) is 7.56. The molecule has 132 valence electrons. The number of halogens is 1. The standard InChI is InChI=1S/C22H21FN2O/c1-14-12-15(8-9-17(14)23)21(26)25-11-10-19-20(22(2,3)13-25)16-6-4-5-7-18(16)24-19/h4-12,24H,13H2,1-3H3. The molecule has 1 aliphatic rings. The number of carbonyl (C=O) groups excluding carboxylic acids is 1. The molecule has 1 amide bonds. The summed E-state index contributed by atoms with van der Waals surface area (Å²) in [5.74, 6) is -0.415. The van der Waals surface area contributed by atoms with Gasteiger partial charge in [-0.25, -0.2) is 4.39 Å². The number of aromatic nitrogens is 1. The molecule has 0 atom stereocenters. The van der Waals surface area contributed by atoms with Crippen molar-refractivity contribution in [3.63, 3.8) is 0 Å². The molecule has 26 heavy (non-hydrogen) atoms. The first-order chi connectivity index (χ1) is 12.4. The van der Waals surface area contributed by atoms with E-state index in [9.17, 15) is 9.18 Å². The van der Waals surface area contributed by atoms with Crippen LogP contribution in [-0.4, -0.2) is 22.3 Å². The van der Waals surface area contributed by atoms with Gasteiger partial charge in [0.2, 0.25) is 0 Å². The molecule has 0 saturated heterocycles. The maximum atomic E-state index is 13.5. The molecule has 0 fully saturated rings. The number of nitrogens with zero attached hydrogens (tertiary/aromatic N) is 1. The molecule has 4 heteroatoms. The molecule has 0 saturated carbocycles. The van der Waals surface area contributed by atoms with Crippen LogP contribution in [0.4, 0.5) is 4.39 Å². The van der Waals surface area contributed by atoms with Crippen LogP contribution in [0, 0.1) is 12.7 Å². The molecule has 0 radical (unpaired) electrons. The zero-order chi connectivity index (χ0) is 18.5. The third kappa shape index (κ3) is 2.62. The molecule has 0 spiro atoms. The zero-order valence-electron chi connectivity index (χ0n) is 15.1. The van der Waals surface area contributed by atoms with E-state index in [1.165, 1.54) is 17.0 Å². The summed E-state index contributed by atoms with van der Waals surface area (Å²) in [4.78, 5) is 18.2. The van der Waals surface area contributed by atoms with Gasteiger partial charge >= 0.3 is 0 Å². The Balaban J connectivity index is 1.75. The highest BCUT2D eigenvalue weighted by Gasteiger charge is 2.32. The van der Waals surface area contributed by atoms with Crippen LogP contribution in [-0.2, 0) is 5.41 Å². The fourth-order valence-electron chi connectivity index (χ4n) is 3.82. The van der Waals surface area contributed by atoms with Gasteiger partial charge in [-0.15, -0.1) is 0 Å². The largest absolute Gasteiger partial charge is 0.355 e. The molecule has 3 nitrogen and oxygen atoms in total. The Labute approximate surface area is 152 Å². The van der Waals surface area contributed by atoms with E-state index in [0.29, 0.717) is 17.7 Å². The Kier molecular flexibility index (Phi) is 3.72. The minimum Gasteiger partial charge on any atom is -0.355 e. The first kappa shape index (κ1) is 16.6. The second kappa shape index (κ2) is 5.84. The van der Waals surface area contributed by atoms with E-state index < -0.39 is 0 Å². The lowest BCUT2D eigenvalue weighted by molar-refractivity contribution is 0.0801. The van der Waals surface area contributed by atoms with Crippen LogP contribution in [0.5, 0.6) is 0 Å². The van der Waals surface area contributed by atoms with Crippen molar-refractivity contribution in [2.75, 3.05) is 6.54 Å². The van der Waals surface area contributed by atoms with Gasteiger partial charge in [-0.05, 0) is 48.4 Å². The minimum atomic E-state index is -0.297. The van der Waals surface area contributed by atoms with E-state index in [1.807, 2.05) is 24.4 Å². The number of nitrogens with one attached hydrogen (secondary N) is 1. The normalized spacial score (nSPS) is 15.8. The number of aryl methyl sites for hydroxylation is 1. The van der Waals surface area contributed by atoms with E-state index in [-0.39, 0.29) is 17.1 Å². The van der Waals surface area contributed by atoms with Crippen molar-refractivity contribution < 1.29 is 9.18 Å². The van der Waals surface area contributed by atoms with Gasteiger partial charge in [-0.2, -0.15) is 0 Å². The molecule has 0 aliphatic carbocycles. The molecule has 1 N–H and O–H groups in total. The fourth-order valence-corrected chi connectivity index (χ4v) is 3.82. The van der Waals surface area contributed by atoms with Gasteiger partial charge in [0, 0.05) is 40.3 Å². The summed E-state index contributed by atoms with van der Waals surface area (Å²) in [6.07, 6.45) is 3.78. The molecule has 3 aromatic rings. The molecule has 1 aliphatic heterocycles. The number of rotatable bonds is 1. The van der Waals surface area contributed by atoms with Crippen molar-refractivity contribution in [2.24, 2.45) is 0 Å². The van der Waals surface area contributed by atoms with Crippen molar-refractivity contribution in [3.8, 4) is 0 Å². The van der Waals surface area contributed by atoms with Crippen molar-refractivity contribution >= 4 is 22.9 Å². The highest BCUT2D eigenvalue weighted by atomic mass is 19.1. The van der Waals surface area contributed by atoms with Crippen molar-refractivity contribution in [1.29, 1.82) is 0 Å². The smallest absolute Gasteiger partial charge is 0.257 e. The molecular formula is C22H21FN2O. The Morgan fingerprint density at radius 3 is 2.73 bits per heavy atom. The summed E-state index contributed by atoms with van der Waals surface area (Å²) in [7, 11) is 0. The van der Waals surface area contributed by atoms with E-state index in [1.54, 1.807) is 24.0 Å². The summed E-state index contributed by atoms with van der Waals surface area (Å²) in [5, 5.41) is 1.18. The maximum Gasteiger partial charge on any atom is 0.257 e. The lowest BCUT2D eigenvalue weighted by Crippen LogP contribution is -2.36. The number of carbonyl (C=O) groups is 1. The summed E-state index contributed by atoms with van der Waals surface area (Å²) in [5.41, 5.74) is 4.09. The van der Waals surface area contributed by atoms with Crippen LogP contribution < -0.4 is 0 Å². The average Bonchev–Trinajstić information content (AvgIpc) is 2.93.